The number of hydrogen-bond donors (Lipinski definition) is 1. The zero-order valence-electron chi connectivity index (χ0n) is 9.31. The molecule has 4 nitrogen and oxygen atoms in total. The minimum absolute atomic E-state index is 0.0536. The molecule has 1 aromatic heterocycles. The van der Waals surface area contributed by atoms with Gasteiger partial charge in [0.25, 0.3) is 0 Å². The summed E-state index contributed by atoms with van der Waals surface area (Å²) < 4.78 is 10.6. The number of fused-ring (bicyclic) bond motifs is 1. The predicted octanol–water partition coefficient (Wildman–Crippen LogP) is 2.27. The SMILES string of the molecule is COc1cc2nccc(Cl)c2cc1OCCO. The summed E-state index contributed by atoms with van der Waals surface area (Å²) in [6.07, 6.45) is 1.64. The molecule has 2 rings (SSSR count). The van der Waals surface area contributed by atoms with E-state index in [2.05, 4.69) is 4.98 Å². The molecule has 0 unspecified atom stereocenters. The monoisotopic (exact) mass is 253 g/mol. The highest BCUT2D eigenvalue weighted by Gasteiger charge is 2.09. The van der Waals surface area contributed by atoms with Gasteiger partial charge >= 0.3 is 0 Å². The molecule has 0 spiro atoms. The molecule has 1 aromatic carbocycles. The van der Waals surface area contributed by atoms with Crippen LogP contribution in [0.1, 0.15) is 0 Å². The highest BCUT2D eigenvalue weighted by Crippen LogP contribution is 2.34. The van der Waals surface area contributed by atoms with Crippen molar-refractivity contribution in [2.24, 2.45) is 0 Å². The number of pyridine rings is 1. The number of hydrogen-bond acceptors (Lipinski definition) is 4. The van der Waals surface area contributed by atoms with Crippen molar-refractivity contribution in [3.8, 4) is 11.5 Å². The van der Waals surface area contributed by atoms with E-state index in [0.717, 1.165) is 10.9 Å². The number of ether oxygens (including phenoxy) is 2. The zero-order valence-corrected chi connectivity index (χ0v) is 10.1. The fourth-order valence-electron chi connectivity index (χ4n) is 1.55. The van der Waals surface area contributed by atoms with E-state index in [4.69, 9.17) is 26.2 Å². The largest absolute Gasteiger partial charge is 0.493 e. The molecule has 0 aliphatic heterocycles. The molecule has 0 amide bonds. The van der Waals surface area contributed by atoms with Gasteiger partial charge in [-0.05, 0) is 12.1 Å². The number of aliphatic hydroxyl groups excluding tert-OH is 1. The summed E-state index contributed by atoms with van der Waals surface area (Å²) in [5, 5.41) is 10.2. The Morgan fingerprint density at radius 3 is 2.88 bits per heavy atom. The third-order valence-corrected chi connectivity index (χ3v) is 2.65. The molecule has 0 saturated heterocycles. The van der Waals surface area contributed by atoms with Crippen LogP contribution in [0.3, 0.4) is 0 Å². The molecule has 1 N–H and O–H groups in total. The van der Waals surface area contributed by atoms with Gasteiger partial charge in [-0.3, -0.25) is 4.98 Å². The van der Waals surface area contributed by atoms with Gasteiger partial charge in [-0.15, -0.1) is 0 Å². The molecular formula is C12H12ClNO3. The number of halogens is 1. The second-order valence-corrected chi connectivity index (χ2v) is 3.79. The van der Waals surface area contributed by atoms with Gasteiger partial charge in [-0.25, -0.2) is 0 Å². The first-order valence-electron chi connectivity index (χ1n) is 5.12. The number of aromatic nitrogens is 1. The number of benzene rings is 1. The van der Waals surface area contributed by atoms with Crippen LogP contribution in [0.5, 0.6) is 11.5 Å². The van der Waals surface area contributed by atoms with Crippen LogP contribution in [0.25, 0.3) is 10.9 Å². The fourth-order valence-corrected chi connectivity index (χ4v) is 1.76. The average Bonchev–Trinajstić information content (AvgIpc) is 2.36. The lowest BCUT2D eigenvalue weighted by molar-refractivity contribution is 0.196. The van der Waals surface area contributed by atoms with Gasteiger partial charge < -0.3 is 14.6 Å². The third-order valence-electron chi connectivity index (χ3n) is 2.32. The molecule has 5 heteroatoms. The van der Waals surface area contributed by atoms with Crippen LogP contribution in [0.4, 0.5) is 0 Å². The van der Waals surface area contributed by atoms with Crippen LogP contribution in [0.2, 0.25) is 5.02 Å². The Kier molecular flexibility index (Phi) is 3.66. The van der Waals surface area contributed by atoms with Gasteiger partial charge in [-0.1, -0.05) is 11.6 Å². The van der Waals surface area contributed by atoms with Crippen LogP contribution in [0.15, 0.2) is 24.4 Å². The summed E-state index contributed by atoms with van der Waals surface area (Å²) in [6.45, 7) is 0.154. The van der Waals surface area contributed by atoms with Crippen LogP contribution in [-0.4, -0.2) is 30.4 Å². The maximum absolute atomic E-state index is 8.75. The van der Waals surface area contributed by atoms with E-state index in [1.165, 1.54) is 0 Å². The van der Waals surface area contributed by atoms with E-state index in [9.17, 15) is 0 Å². The fraction of sp³-hybridized carbons (Fsp3) is 0.250. The number of nitrogens with zero attached hydrogens (tertiary/aromatic N) is 1. The number of methoxy groups -OCH3 is 1. The van der Waals surface area contributed by atoms with Crippen LogP contribution in [-0.2, 0) is 0 Å². The summed E-state index contributed by atoms with van der Waals surface area (Å²) in [5.41, 5.74) is 0.741. The standard InChI is InChI=1S/C12H12ClNO3/c1-16-11-7-10-8(9(13)2-3-14-10)6-12(11)17-5-4-15/h2-3,6-7,15H,4-5H2,1H3. The lowest BCUT2D eigenvalue weighted by atomic mass is 10.2. The van der Waals surface area contributed by atoms with Crippen molar-refractivity contribution in [2.45, 2.75) is 0 Å². The highest BCUT2D eigenvalue weighted by atomic mass is 35.5. The summed E-state index contributed by atoms with van der Waals surface area (Å²) >= 11 is 6.07. The van der Waals surface area contributed by atoms with Crippen LogP contribution in [0, 0.1) is 0 Å². The van der Waals surface area contributed by atoms with Crippen molar-refractivity contribution >= 4 is 22.5 Å². The number of aliphatic hydroxyl groups is 1. The minimum atomic E-state index is -0.0536. The first kappa shape index (κ1) is 12.0. The highest BCUT2D eigenvalue weighted by molar-refractivity contribution is 6.35. The van der Waals surface area contributed by atoms with Crippen LogP contribution >= 0.6 is 11.6 Å². The van der Waals surface area contributed by atoms with E-state index < -0.39 is 0 Å². The van der Waals surface area contributed by atoms with E-state index in [1.807, 2.05) is 0 Å². The summed E-state index contributed by atoms with van der Waals surface area (Å²) in [5.74, 6) is 1.12. The molecule has 1 heterocycles. The molecule has 0 radical (unpaired) electrons. The third kappa shape index (κ3) is 2.43. The Morgan fingerprint density at radius 1 is 1.35 bits per heavy atom. The molecule has 17 heavy (non-hydrogen) atoms. The Balaban J connectivity index is 2.53. The van der Waals surface area contributed by atoms with Gasteiger partial charge in [0.05, 0.1) is 24.3 Å². The molecule has 0 atom stereocenters. The summed E-state index contributed by atoms with van der Waals surface area (Å²) in [7, 11) is 1.55. The van der Waals surface area contributed by atoms with E-state index in [-0.39, 0.29) is 13.2 Å². The zero-order chi connectivity index (χ0) is 12.3. The van der Waals surface area contributed by atoms with Gasteiger partial charge in [0, 0.05) is 17.6 Å². The van der Waals surface area contributed by atoms with Gasteiger partial charge in [0.2, 0.25) is 0 Å². The summed E-state index contributed by atoms with van der Waals surface area (Å²) in [6, 6.07) is 5.24. The Labute approximate surface area is 104 Å². The first-order chi connectivity index (χ1) is 8.26. The Hall–Kier alpha value is -1.52. The lowest BCUT2D eigenvalue weighted by Crippen LogP contribution is -2.03. The maximum atomic E-state index is 8.75. The molecular weight excluding hydrogens is 242 g/mol. The van der Waals surface area contributed by atoms with E-state index >= 15 is 0 Å². The Morgan fingerprint density at radius 2 is 2.18 bits per heavy atom. The van der Waals surface area contributed by atoms with E-state index in [0.29, 0.717) is 16.5 Å². The normalized spacial score (nSPS) is 10.5. The van der Waals surface area contributed by atoms with Crippen molar-refractivity contribution in [2.75, 3.05) is 20.3 Å². The van der Waals surface area contributed by atoms with Crippen molar-refractivity contribution in [3.63, 3.8) is 0 Å². The first-order valence-corrected chi connectivity index (χ1v) is 5.50. The molecule has 0 fully saturated rings. The second kappa shape index (κ2) is 5.21. The quantitative estimate of drug-likeness (QED) is 0.908. The topological polar surface area (TPSA) is 51.6 Å². The molecule has 0 aliphatic rings. The smallest absolute Gasteiger partial charge is 0.162 e. The van der Waals surface area contributed by atoms with Crippen molar-refractivity contribution < 1.29 is 14.6 Å². The lowest BCUT2D eigenvalue weighted by Gasteiger charge is -2.11. The Bertz CT molecular complexity index is 530. The van der Waals surface area contributed by atoms with Crippen LogP contribution < -0.4 is 9.47 Å². The average molecular weight is 254 g/mol. The van der Waals surface area contributed by atoms with Gasteiger partial charge in [-0.2, -0.15) is 0 Å². The molecule has 2 aromatic rings. The second-order valence-electron chi connectivity index (χ2n) is 3.39. The van der Waals surface area contributed by atoms with Gasteiger partial charge in [0.1, 0.15) is 6.61 Å². The summed E-state index contributed by atoms with van der Waals surface area (Å²) in [4.78, 5) is 4.20. The minimum Gasteiger partial charge on any atom is -0.493 e. The van der Waals surface area contributed by atoms with Crippen molar-refractivity contribution in [1.82, 2.24) is 4.98 Å². The molecule has 0 aliphatic carbocycles. The predicted molar refractivity (Wildman–Crippen MR) is 65.9 cm³/mol. The van der Waals surface area contributed by atoms with Crippen molar-refractivity contribution in [3.05, 3.63) is 29.4 Å². The number of rotatable bonds is 4. The molecule has 90 valence electrons. The molecule has 0 bridgehead atoms. The van der Waals surface area contributed by atoms with Gasteiger partial charge in [0.15, 0.2) is 11.5 Å². The molecule has 0 saturated carbocycles. The van der Waals surface area contributed by atoms with Crippen molar-refractivity contribution in [1.29, 1.82) is 0 Å². The van der Waals surface area contributed by atoms with E-state index in [1.54, 1.807) is 31.5 Å². The maximum Gasteiger partial charge on any atom is 0.162 e.